The Hall–Kier alpha value is -1.72. The number of esters is 1. The Morgan fingerprint density at radius 2 is 1.88 bits per heavy atom. The van der Waals surface area contributed by atoms with E-state index in [0.29, 0.717) is 13.1 Å². The molecular formula is C11H17NO5. The second kappa shape index (κ2) is 5.56. The fourth-order valence-electron chi connectivity index (χ4n) is 1.04. The predicted octanol–water partition coefficient (Wildman–Crippen LogP) is 1.62. The minimum Gasteiger partial charge on any atom is -0.457 e. The lowest BCUT2D eigenvalue weighted by molar-refractivity contribution is -0.199. The number of carbonyl (C=O) groups excluding carboxylic acids is 2. The van der Waals surface area contributed by atoms with Crippen LogP contribution in [0.2, 0.25) is 0 Å². The molecule has 0 unspecified atom stereocenters. The van der Waals surface area contributed by atoms with Crippen LogP contribution in [-0.4, -0.2) is 35.7 Å². The molecule has 1 rings (SSSR count). The summed E-state index contributed by atoms with van der Waals surface area (Å²) >= 11 is 0. The van der Waals surface area contributed by atoms with Crippen molar-refractivity contribution >= 4 is 12.1 Å². The van der Waals surface area contributed by atoms with Crippen molar-refractivity contribution in [2.45, 2.75) is 32.8 Å². The van der Waals surface area contributed by atoms with Gasteiger partial charge in [0.2, 0.25) is 0 Å². The van der Waals surface area contributed by atoms with Crippen LogP contribution >= 0.6 is 0 Å². The number of rotatable bonds is 3. The molecule has 6 nitrogen and oxygen atoms in total. The van der Waals surface area contributed by atoms with Crippen molar-refractivity contribution in [3.63, 3.8) is 0 Å². The van der Waals surface area contributed by atoms with Gasteiger partial charge >= 0.3 is 12.1 Å². The largest absolute Gasteiger partial charge is 0.457 e. The Morgan fingerprint density at radius 1 is 1.24 bits per heavy atom. The van der Waals surface area contributed by atoms with Crippen LogP contribution < -0.4 is 0 Å². The second-order valence-electron chi connectivity index (χ2n) is 4.62. The summed E-state index contributed by atoms with van der Waals surface area (Å²) in [5, 5.41) is 0. The normalized spacial score (nSPS) is 15.4. The summed E-state index contributed by atoms with van der Waals surface area (Å²) in [4.78, 5) is 32.7. The van der Waals surface area contributed by atoms with E-state index in [2.05, 4.69) is 9.78 Å². The molecule has 1 heterocycles. The lowest BCUT2D eigenvalue weighted by Gasteiger charge is -2.28. The standard InChI is InChI=1S/C11H17NO5/c1-11(2,3)16-9(13)5-8-15-17-10(14)12-6-4-7-12/h5,8H,4,6-7H2,1-3H3/b8-5+. The smallest absolute Gasteiger partial charge is 0.452 e. The molecule has 0 atom stereocenters. The van der Waals surface area contributed by atoms with Gasteiger partial charge in [-0.1, -0.05) is 0 Å². The van der Waals surface area contributed by atoms with Crippen molar-refractivity contribution in [3.8, 4) is 0 Å². The summed E-state index contributed by atoms with van der Waals surface area (Å²) in [5.41, 5.74) is -0.560. The third kappa shape index (κ3) is 5.24. The first-order valence-electron chi connectivity index (χ1n) is 5.40. The van der Waals surface area contributed by atoms with E-state index in [-0.39, 0.29) is 0 Å². The molecule has 0 aliphatic carbocycles. The van der Waals surface area contributed by atoms with Crippen LogP contribution in [0.15, 0.2) is 12.3 Å². The lowest BCUT2D eigenvalue weighted by atomic mass is 10.2. The molecule has 0 aromatic rings. The SMILES string of the molecule is CC(C)(C)OC(=O)/C=C/OOC(=O)N1CCC1. The van der Waals surface area contributed by atoms with Crippen LogP contribution in [0.1, 0.15) is 27.2 Å². The van der Waals surface area contributed by atoms with Crippen molar-refractivity contribution < 1.29 is 24.1 Å². The average Bonchev–Trinajstić information content (AvgIpc) is 2.06. The van der Waals surface area contributed by atoms with Gasteiger partial charge < -0.3 is 9.64 Å². The fraction of sp³-hybridized carbons (Fsp3) is 0.636. The van der Waals surface area contributed by atoms with Gasteiger partial charge in [-0.15, -0.1) is 0 Å². The van der Waals surface area contributed by atoms with E-state index in [1.807, 2.05) is 0 Å². The summed E-state index contributed by atoms with van der Waals surface area (Å²) in [6, 6.07) is 0. The number of hydrogen-bond donors (Lipinski definition) is 0. The van der Waals surface area contributed by atoms with Crippen LogP contribution in [0.3, 0.4) is 0 Å². The summed E-state index contributed by atoms with van der Waals surface area (Å²) in [6.07, 6.45) is 2.45. The highest BCUT2D eigenvalue weighted by molar-refractivity contribution is 5.81. The highest BCUT2D eigenvalue weighted by Crippen LogP contribution is 2.08. The van der Waals surface area contributed by atoms with Crippen molar-refractivity contribution in [1.29, 1.82) is 0 Å². The van der Waals surface area contributed by atoms with Gasteiger partial charge in [-0.2, -0.15) is 0 Å². The first-order valence-corrected chi connectivity index (χ1v) is 5.40. The Kier molecular flexibility index (Phi) is 4.37. The van der Waals surface area contributed by atoms with Crippen LogP contribution in [0, 0.1) is 0 Å². The summed E-state index contributed by atoms with van der Waals surface area (Å²) in [6.45, 7) is 6.62. The summed E-state index contributed by atoms with van der Waals surface area (Å²) < 4.78 is 4.97. The number of hydrogen-bond acceptors (Lipinski definition) is 5. The van der Waals surface area contributed by atoms with Gasteiger partial charge in [-0.05, 0) is 27.2 Å². The quantitative estimate of drug-likeness (QED) is 0.248. The second-order valence-corrected chi connectivity index (χ2v) is 4.62. The number of nitrogens with zero attached hydrogens (tertiary/aromatic N) is 1. The zero-order chi connectivity index (χ0) is 12.9. The molecule has 1 aliphatic rings. The highest BCUT2D eigenvalue weighted by atomic mass is 17.2. The molecule has 6 heteroatoms. The highest BCUT2D eigenvalue weighted by Gasteiger charge is 2.22. The van der Waals surface area contributed by atoms with Crippen LogP contribution in [0.4, 0.5) is 4.79 Å². The van der Waals surface area contributed by atoms with Gasteiger partial charge in [0.1, 0.15) is 11.9 Å². The number of amides is 1. The van der Waals surface area contributed by atoms with E-state index >= 15 is 0 Å². The van der Waals surface area contributed by atoms with Crippen LogP contribution in [0.25, 0.3) is 0 Å². The van der Waals surface area contributed by atoms with Crippen molar-refractivity contribution in [2.75, 3.05) is 13.1 Å². The third-order valence-corrected chi connectivity index (χ3v) is 1.90. The number of carbonyl (C=O) groups is 2. The lowest BCUT2D eigenvalue weighted by Crippen LogP contribution is -2.42. The molecule has 0 bridgehead atoms. The van der Waals surface area contributed by atoms with E-state index in [1.54, 1.807) is 20.8 Å². The van der Waals surface area contributed by atoms with Crippen molar-refractivity contribution in [2.24, 2.45) is 0 Å². The van der Waals surface area contributed by atoms with Gasteiger partial charge in [0.25, 0.3) is 0 Å². The average molecular weight is 243 g/mol. The molecule has 1 aliphatic heterocycles. The maximum absolute atomic E-state index is 11.2. The molecule has 17 heavy (non-hydrogen) atoms. The Morgan fingerprint density at radius 3 is 2.35 bits per heavy atom. The molecule has 0 aromatic heterocycles. The van der Waals surface area contributed by atoms with Gasteiger partial charge in [0.15, 0.2) is 0 Å². The molecule has 0 aromatic carbocycles. The van der Waals surface area contributed by atoms with Crippen LogP contribution in [0.5, 0.6) is 0 Å². The molecule has 1 saturated heterocycles. The van der Waals surface area contributed by atoms with Gasteiger partial charge in [0, 0.05) is 13.1 Å². The van der Waals surface area contributed by atoms with Gasteiger partial charge in [0.05, 0.1) is 6.08 Å². The van der Waals surface area contributed by atoms with E-state index in [9.17, 15) is 9.59 Å². The maximum Gasteiger partial charge on any atom is 0.452 e. The molecule has 0 spiro atoms. The molecule has 0 N–H and O–H groups in total. The number of ether oxygens (including phenoxy) is 1. The fourth-order valence-corrected chi connectivity index (χ4v) is 1.04. The maximum atomic E-state index is 11.2. The molecule has 1 amide bonds. The molecule has 1 fully saturated rings. The van der Waals surface area contributed by atoms with E-state index < -0.39 is 17.7 Å². The minimum atomic E-state index is -0.560. The molecular weight excluding hydrogens is 226 g/mol. The van der Waals surface area contributed by atoms with E-state index in [4.69, 9.17) is 4.74 Å². The van der Waals surface area contributed by atoms with E-state index in [1.165, 1.54) is 4.90 Å². The van der Waals surface area contributed by atoms with Crippen molar-refractivity contribution in [3.05, 3.63) is 12.3 Å². The number of likely N-dealkylation sites (tertiary alicyclic amines) is 1. The molecule has 96 valence electrons. The monoisotopic (exact) mass is 243 g/mol. The third-order valence-electron chi connectivity index (χ3n) is 1.90. The molecule has 0 saturated carbocycles. The van der Waals surface area contributed by atoms with E-state index in [0.717, 1.165) is 18.8 Å². The van der Waals surface area contributed by atoms with Gasteiger partial charge in [-0.25, -0.2) is 14.5 Å². The zero-order valence-corrected chi connectivity index (χ0v) is 10.3. The van der Waals surface area contributed by atoms with Crippen molar-refractivity contribution in [1.82, 2.24) is 4.90 Å². The summed E-state index contributed by atoms with van der Waals surface area (Å²) in [7, 11) is 0. The Bertz CT molecular complexity index is 314. The zero-order valence-electron chi connectivity index (χ0n) is 10.3. The first kappa shape index (κ1) is 13.3. The van der Waals surface area contributed by atoms with Crippen LogP contribution in [-0.2, 0) is 19.3 Å². The topological polar surface area (TPSA) is 65.1 Å². The Labute approximate surface area is 100 Å². The molecule has 0 radical (unpaired) electrons. The minimum absolute atomic E-state index is 0.551. The summed E-state index contributed by atoms with van der Waals surface area (Å²) in [5.74, 6) is -0.558. The predicted molar refractivity (Wildman–Crippen MR) is 58.7 cm³/mol. The van der Waals surface area contributed by atoms with Gasteiger partial charge in [-0.3, -0.25) is 4.89 Å². The Balaban J connectivity index is 2.16. The first-order chi connectivity index (χ1) is 7.88.